The van der Waals surface area contributed by atoms with E-state index in [1.54, 1.807) is 12.4 Å². The van der Waals surface area contributed by atoms with Crippen LogP contribution in [0, 0.1) is 25.3 Å². The average molecular weight is 1010 g/mol. The molecule has 4 aromatic carbocycles. The van der Waals surface area contributed by atoms with Crippen LogP contribution in [0.25, 0.3) is 66.4 Å². The van der Waals surface area contributed by atoms with Gasteiger partial charge < -0.3 is 47.3 Å². The number of para-hydroxylation sites is 4. The molecule has 50 heavy (non-hydrogen) atoms. The Morgan fingerprint density at radius 1 is 0.480 bits per heavy atom. The summed E-state index contributed by atoms with van der Waals surface area (Å²) in [5.41, 5.74) is 7.83. The van der Waals surface area contributed by atoms with Crippen LogP contribution in [0.4, 0.5) is 0 Å². The summed E-state index contributed by atoms with van der Waals surface area (Å²) in [6.07, 6.45) is 27.5. The molecule has 12 heteroatoms. The van der Waals surface area contributed by atoms with Gasteiger partial charge in [-0.05, 0) is 32.9 Å². The maximum Gasteiger partial charge on any atom is 0.243 e. The van der Waals surface area contributed by atoms with E-state index in [1.165, 1.54) is 0 Å². The van der Waals surface area contributed by atoms with Crippen molar-refractivity contribution in [1.82, 2.24) is 38.2 Å². The molecule has 10 nitrogen and oxygen atoms in total. The second kappa shape index (κ2) is 13.5. The minimum Gasteiger partial charge on any atom is -0.668 e. The predicted octanol–water partition coefficient (Wildman–Crippen LogP) is 4.70. The summed E-state index contributed by atoms with van der Waals surface area (Å²) in [4.78, 5) is 17.9. The van der Waals surface area contributed by atoms with E-state index in [9.17, 15) is 0 Å². The molecule has 10 rings (SSSR count). The Morgan fingerprint density at radius 3 is 1.10 bits per heavy atom. The van der Waals surface area contributed by atoms with Crippen LogP contribution in [0.2, 0.25) is 0 Å². The van der Waals surface area contributed by atoms with Crippen molar-refractivity contribution in [2.45, 2.75) is 0 Å². The van der Waals surface area contributed by atoms with Gasteiger partial charge in [0.25, 0.3) is 0 Å². The maximum absolute atomic E-state index is 4.94. The molecule has 0 amide bonds. The number of imidazole rings is 4. The van der Waals surface area contributed by atoms with E-state index in [4.69, 9.17) is 9.97 Å². The maximum atomic E-state index is 4.94. The summed E-state index contributed by atoms with van der Waals surface area (Å²) >= 11 is 0. The minimum absolute atomic E-state index is 0. The summed E-state index contributed by atoms with van der Waals surface area (Å²) in [7, 11) is 3.91. The minimum atomic E-state index is 0. The first-order valence-electron chi connectivity index (χ1n) is 15.3. The SMILES string of the molecule is C[n+]1[c-]n(-c2cccc3c2[n-]c2c(-n4[c-]ncc4)cccc23)cc1.C[n+]1[c-]n(-c2cccc3c2[n-]c2c(-n4[c-]ncc4)cccc23)cc1.[Pt].[Pt]. The van der Waals surface area contributed by atoms with Crippen LogP contribution < -0.4 is 19.1 Å². The molecule has 0 aliphatic carbocycles. The van der Waals surface area contributed by atoms with Crippen LogP contribution in [-0.4, -0.2) is 28.2 Å². The van der Waals surface area contributed by atoms with Crippen LogP contribution in [0.1, 0.15) is 0 Å². The van der Waals surface area contributed by atoms with Crippen molar-refractivity contribution in [3.8, 4) is 22.7 Å². The fourth-order valence-corrected chi connectivity index (χ4v) is 6.27. The number of aryl methyl sites for hydroxylation is 2. The third-order valence-corrected chi connectivity index (χ3v) is 8.45. The largest absolute Gasteiger partial charge is 0.668 e. The molecule has 0 aliphatic heterocycles. The van der Waals surface area contributed by atoms with Gasteiger partial charge in [-0.2, -0.15) is 0 Å². The Morgan fingerprint density at radius 2 is 0.820 bits per heavy atom. The quantitative estimate of drug-likeness (QED) is 0.190. The van der Waals surface area contributed by atoms with Gasteiger partial charge in [-0.3, -0.25) is 0 Å². The molecular weight excluding hydrogens is 987 g/mol. The van der Waals surface area contributed by atoms with E-state index in [2.05, 4.69) is 83.8 Å². The van der Waals surface area contributed by atoms with E-state index in [-0.39, 0.29) is 42.1 Å². The molecular formula is C38H26N10Pt2-4. The first-order chi connectivity index (χ1) is 23.6. The molecule has 6 aromatic heterocycles. The first kappa shape index (κ1) is 33.2. The van der Waals surface area contributed by atoms with Gasteiger partial charge in [0.1, 0.15) is 0 Å². The molecule has 0 saturated heterocycles. The topological polar surface area (TPSA) is 81.5 Å². The van der Waals surface area contributed by atoms with Crippen molar-refractivity contribution in [2.75, 3.05) is 0 Å². The molecule has 6 heterocycles. The zero-order valence-corrected chi connectivity index (χ0v) is 31.2. The van der Waals surface area contributed by atoms with Crippen LogP contribution >= 0.6 is 0 Å². The fourth-order valence-electron chi connectivity index (χ4n) is 6.27. The summed E-state index contributed by atoms with van der Waals surface area (Å²) in [5, 5.41) is 4.52. The monoisotopic (exact) mass is 1010 g/mol. The van der Waals surface area contributed by atoms with Crippen LogP contribution in [0.3, 0.4) is 0 Å². The molecule has 10 aromatic rings. The van der Waals surface area contributed by atoms with Crippen LogP contribution in [0.5, 0.6) is 0 Å². The second-order valence-electron chi connectivity index (χ2n) is 11.5. The molecule has 0 bridgehead atoms. The smallest absolute Gasteiger partial charge is 0.243 e. The molecule has 0 radical (unpaired) electrons. The summed E-state index contributed by atoms with van der Waals surface area (Å²) in [6, 6.07) is 24.8. The van der Waals surface area contributed by atoms with Crippen molar-refractivity contribution in [3.05, 3.63) is 148 Å². The fraction of sp³-hybridized carbons (Fsp3) is 0.0526. The van der Waals surface area contributed by atoms with E-state index in [0.29, 0.717) is 0 Å². The zero-order chi connectivity index (χ0) is 32.2. The van der Waals surface area contributed by atoms with Gasteiger partial charge in [0.15, 0.2) is 0 Å². The van der Waals surface area contributed by atoms with Gasteiger partial charge >= 0.3 is 0 Å². The third kappa shape index (κ3) is 5.64. The Hall–Kier alpha value is -5.30. The van der Waals surface area contributed by atoms with Crippen LogP contribution in [-0.2, 0) is 56.2 Å². The molecule has 0 N–H and O–H groups in total. The molecule has 0 aliphatic rings. The van der Waals surface area contributed by atoms with Gasteiger partial charge in [-0.1, -0.05) is 97.6 Å². The Kier molecular flexibility index (Phi) is 8.99. The number of rotatable bonds is 4. The number of aromatic nitrogens is 10. The molecule has 0 atom stereocenters. The standard InChI is InChI=1S/2C19H13N5.2Pt/c2*1-22-10-11-24(13-22)17-7-3-5-15-14-4-2-6-16(18(14)21-19(15)17)23-9-8-20-12-23;;/h2*2-11H,1H3;;/q2*-2;;. The first-order valence-corrected chi connectivity index (χ1v) is 15.3. The van der Waals surface area contributed by atoms with E-state index in [1.807, 2.05) is 103 Å². The molecule has 0 saturated carbocycles. The number of hydrogen-bond donors (Lipinski definition) is 0. The average Bonchev–Trinajstić information content (AvgIpc) is 3.95. The van der Waals surface area contributed by atoms with E-state index < -0.39 is 0 Å². The Balaban J connectivity index is 0.000000151. The summed E-state index contributed by atoms with van der Waals surface area (Å²) < 4.78 is 11.5. The van der Waals surface area contributed by atoms with E-state index >= 15 is 0 Å². The number of benzene rings is 4. The van der Waals surface area contributed by atoms with Crippen molar-refractivity contribution in [2.24, 2.45) is 14.1 Å². The van der Waals surface area contributed by atoms with Crippen molar-refractivity contribution < 1.29 is 51.3 Å². The van der Waals surface area contributed by atoms with Gasteiger partial charge in [0, 0.05) is 90.9 Å². The number of fused-ring (bicyclic) bond motifs is 6. The van der Waals surface area contributed by atoms with Crippen molar-refractivity contribution >= 4 is 43.6 Å². The molecule has 0 spiro atoms. The predicted molar refractivity (Wildman–Crippen MR) is 180 cm³/mol. The second-order valence-corrected chi connectivity index (χ2v) is 11.5. The normalized spacial score (nSPS) is 11.1. The zero-order valence-electron chi connectivity index (χ0n) is 26.7. The molecule has 0 unspecified atom stereocenters. The summed E-state index contributed by atoms with van der Waals surface area (Å²) in [6.45, 7) is 0. The molecule has 252 valence electrons. The number of nitrogens with zero attached hydrogens (tertiary/aromatic N) is 10. The van der Waals surface area contributed by atoms with Gasteiger partial charge in [-0.15, -0.1) is 22.1 Å². The Labute approximate surface area is 315 Å². The van der Waals surface area contributed by atoms with Crippen molar-refractivity contribution in [3.63, 3.8) is 0 Å². The third-order valence-electron chi connectivity index (χ3n) is 8.45. The van der Waals surface area contributed by atoms with Gasteiger partial charge in [-0.25, -0.2) is 0 Å². The van der Waals surface area contributed by atoms with Crippen LogP contribution in [0.15, 0.2) is 122 Å². The van der Waals surface area contributed by atoms with E-state index in [0.717, 1.165) is 66.4 Å². The molecule has 0 fully saturated rings. The number of hydrogen-bond acceptors (Lipinski definition) is 2. The van der Waals surface area contributed by atoms with Gasteiger partial charge in [0.05, 0.1) is 14.1 Å². The Bertz CT molecular complexity index is 2520. The van der Waals surface area contributed by atoms with Gasteiger partial charge in [0.2, 0.25) is 12.7 Å². The van der Waals surface area contributed by atoms with Crippen molar-refractivity contribution in [1.29, 1.82) is 0 Å². The summed E-state index contributed by atoms with van der Waals surface area (Å²) in [5.74, 6) is 0.